The van der Waals surface area contributed by atoms with E-state index < -0.39 is 7.60 Å². The third kappa shape index (κ3) is 9.38. The Bertz CT molecular complexity index is 816. The molecule has 1 aromatic carbocycles. The van der Waals surface area contributed by atoms with Crippen LogP contribution in [0.4, 0.5) is 0 Å². The van der Waals surface area contributed by atoms with Gasteiger partial charge in [0.1, 0.15) is 5.75 Å². The Morgan fingerprint density at radius 3 is 1.66 bits per heavy atom. The molecule has 4 bridgehead atoms. The molecule has 38 heavy (non-hydrogen) atoms. The van der Waals surface area contributed by atoms with Gasteiger partial charge in [-0.25, -0.2) is 0 Å². The maximum absolute atomic E-state index is 12.7. The largest absolute Gasteiger partial charge is 0.493 e. The van der Waals surface area contributed by atoms with Gasteiger partial charge in [-0.2, -0.15) is 0 Å². The van der Waals surface area contributed by atoms with Gasteiger partial charge in [0.15, 0.2) is 0 Å². The van der Waals surface area contributed by atoms with E-state index in [4.69, 9.17) is 9.26 Å². The number of benzene rings is 1. The lowest BCUT2D eigenvalue weighted by Gasteiger charge is -2.56. The first kappa shape index (κ1) is 30.1. The summed E-state index contributed by atoms with van der Waals surface area (Å²) >= 11 is 0. The first-order chi connectivity index (χ1) is 18.5. The molecule has 0 radical (unpaired) electrons. The van der Waals surface area contributed by atoms with Gasteiger partial charge in [0.05, 0.1) is 18.5 Å². The number of hydrogen-bond donors (Lipinski definition) is 1. The minimum absolute atomic E-state index is 0.343. The molecule has 5 rings (SSSR count). The molecule has 4 fully saturated rings. The lowest BCUT2D eigenvalue weighted by Crippen LogP contribution is -2.48. The van der Waals surface area contributed by atoms with Crippen LogP contribution in [-0.2, 0) is 9.09 Å². The van der Waals surface area contributed by atoms with Gasteiger partial charge in [0, 0.05) is 5.41 Å². The van der Waals surface area contributed by atoms with Crippen molar-refractivity contribution in [3.8, 4) is 5.75 Å². The summed E-state index contributed by atoms with van der Waals surface area (Å²) in [6.07, 6.45) is 26.5. The molecule has 4 saturated carbocycles. The van der Waals surface area contributed by atoms with Gasteiger partial charge in [-0.3, -0.25) is 4.57 Å². The maximum atomic E-state index is 12.7. The van der Waals surface area contributed by atoms with Crippen LogP contribution in [0, 0.1) is 23.2 Å². The molecule has 5 heteroatoms. The smallest absolute Gasteiger partial charge is 0.358 e. The van der Waals surface area contributed by atoms with Crippen LogP contribution in [0.25, 0.3) is 0 Å². The summed E-state index contributed by atoms with van der Waals surface area (Å²) in [7, 11) is -3.77. The van der Waals surface area contributed by atoms with Crippen molar-refractivity contribution in [2.45, 2.75) is 135 Å². The standard InChI is InChI=1S/C33H55O4P/c1-2-3-4-5-6-7-8-9-10-11-12-13-14-15-20-37-38(34,35)32-18-16-31(17-19-32)36-27-33-24-28-21-29(25-33)23-30(22-28)26-33/h16-19,28-30H,2-15,20-27H2,1H3,(H,34,35). The molecule has 1 N–H and O–H groups in total. The third-order valence-electron chi connectivity index (χ3n) is 9.64. The van der Waals surface area contributed by atoms with Crippen LogP contribution in [0.5, 0.6) is 5.75 Å². The Morgan fingerprint density at radius 2 is 1.18 bits per heavy atom. The van der Waals surface area contributed by atoms with Gasteiger partial charge in [0.25, 0.3) is 0 Å². The molecule has 0 saturated heterocycles. The van der Waals surface area contributed by atoms with Crippen LogP contribution >= 0.6 is 7.60 Å². The highest BCUT2D eigenvalue weighted by atomic mass is 31.2. The van der Waals surface area contributed by atoms with Crippen molar-refractivity contribution in [3.63, 3.8) is 0 Å². The summed E-state index contributed by atoms with van der Waals surface area (Å²) in [4.78, 5) is 10.5. The van der Waals surface area contributed by atoms with Gasteiger partial charge >= 0.3 is 7.60 Å². The Labute approximate surface area is 233 Å². The zero-order valence-corrected chi connectivity index (χ0v) is 25.1. The predicted octanol–water partition coefficient (Wildman–Crippen LogP) is 9.59. The van der Waals surface area contributed by atoms with Crippen molar-refractivity contribution < 1.29 is 18.7 Å². The fourth-order valence-corrected chi connectivity index (χ4v) is 9.04. The fourth-order valence-electron chi connectivity index (χ4n) is 7.99. The number of unbranched alkanes of at least 4 members (excludes halogenated alkanes) is 13. The van der Waals surface area contributed by atoms with Crippen molar-refractivity contribution in [1.29, 1.82) is 0 Å². The van der Waals surface area contributed by atoms with E-state index in [1.165, 1.54) is 116 Å². The van der Waals surface area contributed by atoms with E-state index in [1.807, 2.05) is 12.1 Å². The van der Waals surface area contributed by atoms with Gasteiger partial charge < -0.3 is 14.2 Å². The van der Waals surface area contributed by atoms with E-state index in [0.29, 0.717) is 17.3 Å². The van der Waals surface area contributed by atoms with Crippen molar-refractivity contribution in [2.75, 3.05) is 13.2 Å². The quantitative estimate of drug-likeness (QED) is 0.131. The molecule has 216 valence electrons. The molecule has 1 atom stereocenters. The lowest BCUT2D eigenvalue weighted by molar-refractivity contribution is -0.0745. The maximum Gasteiger partial charge on any atom is 0.358 e. The van der Waals surface area contributed by atoms with Crippen molar-refractivity contribution in [3.05, 3.63) is 24.3 Å². The van der Waals surface area contributed by atoms with Gasteiger partial charge in [-0.1, -0.05) is 90.4 Å². The molecule has 0 aromatic heterocycles. The van der Waals surface area contributed by atoms with Gasteiger partial charge in [0.2, 0.25) is 0 Å². The second-order valence-electron chi connectivity index (χ2n) is 13.1. The molecule has 4 aliphatic carbocycles. The van der Waals surface area contributed by atoms with Crippen LogP contribution < -0.4 is 10.0 Å². The molecule has 0 spiro atoms. The highest BCUT2D eigenvalue weighted by Gasteiger charge is 2.51. The summed E-state index contributed by atoms with van der Waals surface area (Å²) in [6.45, 7) is 3.41. The summed E-state index contributed by atoms with van der Waals surface area (Å²) in [5.74, 6) is 3.56. The van der Waals surface area contributed by atoms with Crippen LogP contribution in [0.15, 0.2) is 24.3 Å². The zero-order chi connectivity index (χ0) is 26.7. The number of rotatable bonds is 20. The first-order valence-corrected chi connectivity index (χ1v) is 17.8. The van der Waals surface area contributed by atoms with Gasteiger partial charge in [-0.05, 0) is 87.0 Å². The van der Waals surface area contributed by atoms with E-state index in [9.17, 15) is 9.46 Å². The topological polar surface area (TPSA) is 55.8 Å². The summed E-state index contributed by atoms with van der Waals surface area (Å²) < 4.78 is 24.4. The van der Waals surface area contributed by atoms with E-state index >= 15 is 0 Å². The number of hydrogen-bond acceptors (Lipinski definition) is 3. The monoisotopic (exact) mass is 546 g/mol. The van der Waals surface area contributed by atoms with Crippen LogP contribution in [0.2, 0.25) is 0 Å². The van der Waals surface area contributed by atoms with Gasteiger partial charge in [-0.15, -0.1) is 0 Å². The first-order valence-electron chi connectivity index (χ1n) is 16.2. The summed E-state index contributed by atoms with van der Waals surface area (Å²) in [6, 6.07) is 7.10. The third-order valence-corrected chi connectivity index (χ3v) is 11.1. The Morgan fingerprint density at radius 1 is 0.737 bits per heavy atom. The zero-order valence-electron chi connectivity index (χ0n) is 24.2. The highest BCUT2D eigenvalue weighted by Crippen LogP contribution is 2.60. The molecule has 0 amide bonds. The Kier molecular flexibility index (Phi) is 12.1. The average Bonchev–Trinajstić information content (AvgIpc) is 2.89. The van der Waals surface area contributed by atoms with E-state index in [-0.39, 0.29) is 0 Å². The van der Waals surface area contributed by atoms with E-state index in [1.54, 1.807) is 12.1 Å². The van der Waals surface area contributed by atoms with E-state index in [0.717, 1.165) is 43.0 Å². The molecule has 1 unspecified atom stereocenters. The molecule has 0 aliphatic heterocycles. The molecule has 0 heterocycles. The van der Waals surface area contributed by atoms with Crippen molar-refractivity contribution in [2.24, 2.45) is 23.2 Å². The number of ether oxygens (including phenoxy) is 1. The summed E-state index contributed by atoms with van der Waals surface area (Å²) in [5.41, 5.74) is 0.371. The summed E-state index contributed by atoms with van der Waals surface area (Å²) in [5, 5.41) is 0.366. The second kappa shape index (κ2) is 15.2. The minimum atomic E-state index is -3.77. The molecule has 4 aliphatic rings. The SMILES string of the molecule is CCCCCCCCCCCCCCCCOP(=O)(O)c1ccc(OCC23CC4CC(CC(C4)C2)C3)cc1. The molecular formula is C33H55O4P. The van der Waals surface area contributed by atoms with Crippen molar-refractivity contribution in [1.82, 2.24) is 0 Å². The average molecular weight is 547 g/mol. The minimum Gasteiger partial charge on any atom is -0.493 e. The van der Waals surface area contributed by atoms with Crippen molar-refractivity contribution >= 4 is 12.9 Å². The Hall–Kier alpha value is -0.830. The lowest BCUT2D eigenvalue weighted by atomic mass is 9.50. The fraction of sp³-hybridized carbons (Fsp3) is 0.818. The van der Waals surface area contributed by atoms with Crippen LogP contribution in [0.1, 0.15) is 135 Å². The van der Waals surface area contributed by atoms with Crippen LogP contribution in [-0.4, -0.2) is 18.1 Å². The molecule has 4 nitrogen and oxygen atoms in total. The van der Waals surface area contributed by atoms with E-state index in [2.05, 4.69) is 6.92 Å². The Balaban J connectivity index is 1.03. The molecular weight excluding hydrogens is 491 g/mol. The normalized spacial score (nSPS) is 27.5. The predicted molar refractivity (Wildman–Crippen MR) is 158 cm³/mol. The van der Waals surface area contributed by atoms with Crippen LogP contribution in [0.3, 0.4) is 0 Å². The highest BCUT2D eigenvalue weighted by molar-refractivity contribution is 7.61. The second-order valence-corrected chi connectivity index (χ2v) is 15.0. The molecule has 1 aromatic rings.